The minimum atomic E-state index is -0.939. The zero-order valence-electron chi connectivity index (χ0n) is 21.8. The molecule has 4 rings (SSSR count). The van der Waals surface area contributed by atoms with Gasteiger partial charge in [-0.05, 0) is 79.9 Å². The summed E-state index contributed by atoms with van der Waals surface area (Å²) in [6, 6.07) is 15.4. The highest BCUT2D eigenvalue weighted by atomic mass is 16.5. The molecule has 1 aliphatic rings. The Balaban J connectivity index is 1.79. The number of esters is 1. The van der Waals surface area contributed by atoms with E-state index in [-0.39, 0.29) is 23.0 Å². The van der Waals surface area contributed by atoms with E-state index in [9.17, 15) is 19.5 Å². The lowest BCUT2D eigenvalue weighted by atomic mass is 9.95. The number of aliphatic hydroxyl groups is 1. The largest absolute Gasteiger partial charge is 0.507 e. The number of anilines is 1. The number of benzene rings is 2. The van der Waals surface area contributed by atoms with Gasteiger partial charge in [-0.3, -0.25) is 19.5 Å². The second-order valence-corrected chi connectivity index (χ2v) is 9.68. The first-order chi connectivity index (χ1) is 18.2. The SMILES string of the molecule is CC(C)COc1ccc(/C(O)=C2\C(=O)C(=O)N(c3cccc(C(=O)OC(C)C)c3)C2c2ccncc2)cc1. The van der Waals surface area contributed by atoms with Crippen LogP contribution in [0.3, 0.4) is 0 Å². The molecule has 8 heteroatoms. The average Bonchev–Trinajstić information content (AvgIpc) is 3.17. The van der Waals surface area contributed by atoms with Crippen LogP contribution in [0.1, 0.15) is 55.2 Å². The summed E-state index contributed by atoms with van der Waals surface area (Å²) in [6.45, 7) is 8.12. The molecule has 2 aromatic carbocycles. The van der Waals surface area contributed by atoms with E-state index in [2.05, 4.69) is 4.98 Å². The number of carbonyl (C=O) groups excluding carboxylic acids is 3. The quantitative estimate of drug-likeness (QED) is 0.188. The molecule has 0 spiro atoms. The summed E-state index contributed by atoms with van der Waals surface area (Å²) in [5, 5.41) is 11.3. The van der Waals surface area contributed by atoms with Crippen molar-refractivity contribution in [1.29, 1.82) is 0 Å². The minimum absolute atomic E-state index is 0.0628. The third-order valence-corrected chi connectivity index (χ3v) is 5.88. The zero-order chi connectivity index (χ0) is 27.4. The van der Waals surface area contributed by atoms with E-state index in [1.54, 1.807) is 80.8 Å². The lowest BCUT2D eigenvalue weighted by Gasteiger charge is -2.25. The van der Waals surface area contributed by atoms with E-state index in [0.717, 1.165) is 0 Å². The van der Waals surface area contributed by atoms with Crippen LogP contribution in [0.15, 0.2) is 78.6 Å². The van der Waals surface area contributed by atoms with Gasteiger partial charge in [0, 0.05) is 23.6 Å². The van der Waals surface area contributed by atoms with E-state index < -0.39 is 23.7 Å². The third-order valence-electron chi connectivity index (χ3n) is 5.88. The smallest absolute Gasteiger partial charge is 0.338 e. The molecule has 38 heavy (non-hydrogen) atoms. The Morgan fingerprint density at radius 3 is 2.29 bits per heavy atom. The molecule has 1 saturated heterocycles. The average molecular weight is 515 g/mol. The van der Waals surface area contributed by atoms with E-state index in [1.807, 2.05) is 13.8 Å². The molecular weight excluding hydrogens is 484 g/mol. The highest BCUT2D eigenvalue weighted by Crippen LogP contribution is 2.42. The van der Waals surface area contributed by atoms with Crippen molar-refractivity contribution in [3.8, 4) is 5.75 Å². The van der Waals surface area contributed by atoms with Crippen LogP contribution >= 0.6 is 0 Å². The lowest BCUT2D eigenvalue weighted by Crippen LogP contribution is -2.29. The number of ketones is 1. The number of aliphatic hydroxyl groups excluding tert-OH is 1. The van der Waals surface area contributed by atoms with Crippen LogP contribution in [-0.2, 0) is 14.3 Å². The first-order valence-corrected chi connectivity index (χ1v) is 12.4. The van der Waals surface area contributed by atoms with Gasteiger partial charge in [-0.1, -0.05) is 19.9 Å². The highest BCUT2D eigenvalue weighted by Gasteiger charge is 2.47. The van der Waals surface area contributed by atoms with Crippen LogP contribution in [-0.4, -0.2) is 40.5 Å². The molecule has 0 aliphatic carbocycles. The Hall–Kier alpha value is -4.46. The van der Waals surface area contributed by atoms with Crippen LogP contribution < -0.4 is 9.64 Å². The molecule has 8 nitrogen and oxygen atoms in total. The zero-order valence-corrected chi connectivity index (χ0v) is 21.8. The molecule has 0 radical (unpaired) electrons. The Morgan fingerprint density at radius 1 is 0.974 bits per heavy atom. The van der Waals surface area contributed by atoms with Gasteiger partial charge in [0.2, 0.25) is 0 Å². The second kappa shape index (κ2) is 11.3. The summed E-state index contributed by atoms with van der Waals surface area (Å²) in [4.78, 5) is 44.6. The predicted molar refractivity (Wildman–Crippen MR) is 143 cm³/mol. The fourth-order valence-corrected chi connectivity index (χ4v) is 4.15. The number of Topliss-reactive ketones (excluding diaryl/α,β-unsaturated/α-hetero) is 1. The van der Waals surface area contributed by atoms with Gasteiger partial charge >= 0.3 is 5.97 Å². The van der Waals surface area contributed by atoms with Crippen molar-refractivity contribution in [2.24, 2.45) is 5.92 Å². The summed E-state index contributed by atoms with van der Waals surface area (Å²) in [7, 11) is 0. The molecule has 1 atom stereocenters. The molecule has 3 aromatic rings. The standard InChI is InChI=1S/C30H30N2O6/c1-18(2)17-37-24-10-8-21(9-11-24)27(33)25-26(20-12-14-31-15-13-20)32(29(35)28(25)34)23-7-5-6-22(16-23)30(36)38-19(3)4/h5-16,18-19,26,33H,17H2,1-4H3/b27-25+. The monoisotopic (exact) mass is 514 g/mol. The molecule has 1 N–H and O–H groups in total. The molecule has 1 aromatic heterocycles. The van der Waals surface area contributed by atoms with Gasteiger partial charge in [0.25, 0.3) is 11.7 Å². The summed E-state index contributed by atoms with van der Waals surface area (Å²) in [6.07, 6.45) is 2.78. The summed E-state index contributed by atoms with van der Waals surface area (Å²) < 4.78 is 11.0. The molecule has 0 bridgehead atoms. The number of hydrogen-bond acceptors (Lipinski definition) is 7. The summed E-state index contributed by atoms with van der Waals surface area (Å²) >= 11 is 0. The van der Waals surface area contributed by atoms with Crippen molar-refractivity contribution in [3.05, 3.63) is 95.3 Å². The van der Waals surface area contributed by atoms with E-state index in [1.165, 1.54) is 11.0 Å². The minimum Gasteiger partial charge on any atom is -0.507 e. The first kappa shape index (κ1) is 26.6. The Labute approximate surface area is 221 Å². The molecule has 196 valence electrons. The van der Waals surface area contributed by atoms with Crippen LogP contribution in [0.5, 0.6) is 5.75 Å². The number of carbonyl (C=O) groups is 3. The number of pyridine rings is 1. The van der Waals surface area contributed by atoms with Gasteiger partial charge in [-0.25, -0.2) is 4.79 Å². The molecule has 1 aliphatic heterocycles. The van der Waals surface area contributed by atoms with Crippen LogP contribution in [0.2, 0.25) is 0 Å². The topological polar surface area (TPSA) is 106 Å². The predicted octanol–water partition coefficient (Wildman–Crippen LogP) is 5.31. The van der Waals surface area contributed by atoms with Gasteiger partial charge in [-0.15, -0.1) is 0 Å². The number of hydrogen-bond donors (Lipinski definition) is 1. The molecule has 1 fully saturated rings. The maximum absolute atomic E-state index is 13.4. The Morgan fingerprint density at radius 2 is 1.66 bits per heavy atom. The Bertz CT molecular complexity index is 1360. The van der Waals surface area contributed by atoms with Crippen molar-refractivity contribution in [2.75, 3.05) is 11.5 Å². The number of aromatic nitrogens is 1. The fraction of sp³-hybridized carbons (Fsp3) is 0.267. The summed E-state index contributed by atoms with van der Waals surface area (Å²) in [5.41, 5.74) is 1.44. The number of rotatable bonds is 8. The van der Waals surface area contributed by atoms with Crippen molar-refractivity contribution in [3.63, 3.8) is 0 Å². The second-order valence-electron chi connectivity index (χ2n) is 9.68. The molecular formula is C30H30N2O6. The van der Waals surface area contributed by atoms with E-state index in [4.69, 9.17) is 9.47 Å². The van der Waals surface area contributed by atoms with Gasteiger partial charge in [-0.2, -0.15) is 0 Å². The number of ether oxygens (including phenoxy) is 2. The van der Waals surface area contributed by atoms with Crippen LogP contribution in [0.4, 0.5) is 5.69 Å². The van der Waals surface area contributed by atoms with Crippen molar-refractivity contribution < 1.29 is 29.0 Å². The van der Waals surface area contributed by atoms with Crippen molar-refractivity contribution >= 4 is 29.1 Å². The number of amides is 1. The third kappa shape index (κ3) is 5.59. The van der Waals surface area contributed by atoms with Gasteiger partial charge in [0.05, 0.1) is 29.9 Å². The molecule has 1 unspecified atom stereocenters. The normalized spacial score (nSPS) is 16.8. The maximum atomic E-state index is 13.4. The van der Waals surface area contributed by atoms with Gasteiger partial charge in [0.15, 0.2) is 0 Å². The first-order valence-electron chi connectivity index (χ1n) is 12.4. The van der Waals surface area contributed by atoms with Crippen molar-refractivity contribution in [1.82, 2.24) is 4.98 Å². The highest BCUT2D eigenvalue weighted by molar-refractivity contribution is 6.51. The van der Waals surface area contributed by atoms with Crippen LogP contribution in [0.25, 0.3) is 5.76 Å². The number of nitrogens with zero attached hydrogens (tertiary/aromatic N) is 2. The molecule has 2 heterocycles. The molecule has 1 amide bonds. The fourth-order valence-electron chi connectivity index (χ4n) is 4.15. The maximum Gasteiger partial charge on any atom is 0.338 e. The van der Waals surface area contributed by atoms with E-state index in [0.29, 0.717) is 35.1 Å². The molecule has 0 saturated carbocycles. The van der Waals surface area contributed by atoms with Gasteiger partial charge < -0.3 is 14.6 Å². The Kier molecular flexibility index (Phi) is 7.90. The lowest BCUT2D eigenvalue weighted by molar-refractivity contribution is -0.132. The van der Waals surface area contributed by atoms with Gasteiger partial charge in [0.1, 0.15) is 11.5 Å². The van der Waals surface area contributed by atoms with Crippen LogP contribution in [0, 0.1) is 5.92 Å². The van der Waals surface area contributed by atoms with E-state index >= 15 is 0 Å². The van der Waals surface area contributed by atoms with Crippen molar-refractivity contribution in [2.45, 2.75) is 39.8 Å². The summed E-state index contributed by atoms with van der Waals surface area (Å²) in [5.74, 6) is -1.52.